The van der Waals surface area contributed by atoms with E-state index in [1.165, 1.54) is 0 Å². The maximum absolute atomic E-state index is 11.7. The second kappa shape index (κ2) is 6.36. The number of carbonyl (C=O) groups excluding carboxylic acids is 1. The molecule has 6 nitrogen and oxygen atoms in total. The van der Waals surface area contributed by atoms with Gasteiger partial charge in [-0.2, -0.15) is 4.98 Å². The molecule has 1 amide bonds. The van der Waals surface area contributed by atoms with E-state index < -0.39 is 0 Å². The van der Waals surface area contributed by atoms with Gasteiger partial charge in [0.25, 0.3) is 0 Å². The third-order valence-corrected chi connectivity index (χ3v) is 2.89. The van der Waals surface area contributed by atoms with Crippen LogP contribution in [0, 0.1) is 0 Å². The van der Waals surface area contributed by atoms with Crippen molar-refractivity contribution in [1.29, 1.82) is 0 Å². The number of hydrogen-bond acceptors (Lipinski definition) is 5. The molecule has 1 aliphatic rings. The summed E-state index contributed by atoms with van der Waals surface area (Å²) in [5.41, 5.74) is 0. The van der Waals surface area contributed by atoms with E-state index in [4.69, 9.17) is 0 Å². The van der Waals surface area contributed by atoms with Crippen molar-refractivity contribution in [3.63, 3.8) is 0 Å². The van der Waals surface area contributed by atoms with Crippen molar-refractivity contribution in [3.8, 4) is 0 Å². The molecule has 104 valence electrons. The molecule has 0 aliphatic heterocycles. The largest absolute Gasteiger partial charge is 0.354 e. The summed E-state index contributed by atoms with van der Waals surface area (Å²) in [6.45, 7) is 3.25. The fraction of sp³-hybridized carbons (Fsp3) is 0.615. The molecule has 0 saturated heterocycles. The molecule has 2 rings (SSSR count). The third-order valence-electron chi connectivity index (χ3n) is 2.89. The van der Waals surface area contributed by atoms with Crippen LogP contribution in [0.25, 0.3) is 0 Å². The molecule has 1 aromatic heterocycles. The van der Waals surface area contributed by atoms with Gasteiger partial charge in [-0.3, -0.25) is 4.79 Å². The topological polar surface area (TPSA) is 70.2 Å². The number of anilines is 2. The maximum atomic E-state index is 11.7. The van der Waals surface area contributed by atoms with Crippen LogP contribution in [0.5, 0.6) is 0 Å². The van der Waals surface area contributed by atoms with Gasteiger partial charge >= 0.3 is 0 Å². The van der Waals surface area contributed by atoms with Gasteiger partial charge in [0.2, 0.25) is 11.9 Å². The Hall–Kier alpha value is -1.85. The predicted molar refractivity (Wildman–Crippen MR) is 75.2 cm³/mol. The lowest BCUT2D eigenvalue weighted by atomic mass is 10.4. The van der Waals surface area contributed by atoms with Crippen LogP contribution >= 0.6 is 0 Å². The number of carbonyl (C=O) groups is 1. The minimum absolute atomic E-state index is 0.0479. The molecule has 0 bridgehead atoms. The van der Waals surface area contributed by atoms with Gasteiger partial charge in [-0.05, 0) is 25.3 Å². The average molecular weight is 263 g/mol. The van der Waals surface area contributed by atoms with Crippen LogP contribution in [0.1, 0.15) is 26.2 Å². The van der Waals surface area contributed by atoms with E-state index in [2.05, 4.69) is 27.5 Å². The number of aromatic nitrogens is 2. The van der Waals surface area contributed by atoms with E-state index in [9.17, 15) is 4.79 Å². The molecule has 2 N–H and O–H groups in total. The van der Waals surface area contributed by atoms with Gasteiger partial charge in [0.05, 0.1) is 6.54 Å². The lowest BCUT2D eigenvalue weighted by Crippen LogP contribution is -2.36. The van der Waals surface area contributed by atoms with E-state index in [-0.39, 0.29) is 5.91 Å². The van der Waals surface area contributed by atoms with Crippen LogP contribution in [0.4, 0.5) is 11.8 Å². The minimum Gasteiger partial charge on any atom is -0.354 e. The average Bonchev–Trinajstić information content (AvgIpc) is 3.20. The lowest BCUT2D eigenvalue weighted by Gasteiger charge is -2.18. The monoisotopic (exact) mass is 263 g/mol. The SMILES string of the molecule is CCCNc1nccc(N(C)CC(=O)NC2CC2)n1. The van der Waals surface area contributed by atoms with Gasteiger partial charge in [-0.1, -0.05) is 6.92 Å². The molecule has 0 atom stereocenters. The van der Waals surface area contributed by atoms with Crippen molar-refractivity contribution in [2.45, 2.75) is 32.2 Å². The summed E-state index contributed by atoms with van der Waals surface area (Å²) < 4.78 is 0. The summed E-state index contributed by atoms with van der Waals surface area (Å²) >= 11 is 0. The Morgan fingerprint density at radius 2 is 2.32 bits per heavy atom. The van der Waals surface area contributed by atoms with E-state index >= 15 is 0 Å². The summed E-state index contributed by atoms with van der Waals surface area (Å²) in [7, 11) is 1.86. The molecule has 0 radical (unpaired) electrons. The Bertz CT molecular complexity index is 433. The molecule has 0 aromatic carbocycles. The summed E-state index contributed by atoms with van der Waals surface area (Å²) in [6.07, 6.45) is 4.94. The fourth-order valence-corrected chi connectivity index (χ4v) is 1.68. The number of rotatable bonds is 7. The normalized spacial score (nSPS) is 14.0. The first kappa shape index (κ1) is 13.6. The Morgan fingerprint density at radius 1 is 1.53 bits per heavy atom. The van der Waals surface area contributed by atoms with E-state index in [0.29, 0.717) is 18.5 Å². The quantitative estimate of drug-likeness (QED) is 0.768. The molecule has 1 fully saturated rings. The number of likely N-dealkylation sites (N-methyl/N-ethyl adjacent to an activating group) is 1. The van der Waals surface area contributed by atoms with Crippen LogP contribution < -0.4 is 15.5 Å². The lowest BCUT2D eigenvalue weighted by molar-refractivity contribution is -0.119. The van der Waals surface area contributed by atoms with Crippen LogP contribution in [0.2, 0.25) is 0 Å². The van der Waals surface area contributed by atoms with Gasteiger partial charge in [-0.25, -0.2) is 4.98 Å². The van der Waals surface area contributed by atoms with Crippen molar-refractivity contribution in [1.82, 2.24) is 15.3 Å². The molecule has 1 aromatic rings. The highest BCUT2D eigenvalue weighted by Crippen LogP contribution is 2.18. The molecule has 0 spiro atoms. The van der Waals surface area contributed by atoms with Gasteiger partial charge < -0.3 is 15.5 Å². The van der Waals surface area contributed by atoms with Crippen molar-refractivity contribution >= 4 is 17.7 Å². The first-order valence-electron chi connectivity index (χ1n) is 6.76. The first-order valence-corrected chi connectivity index (χ1v) is 6.76. The summed E-state index contributed by atoms with van der Waals surface area (Å²) in [4.78, 5) is 22.1. The highest BCUT2D eigenvalue weighted by Gasteiger charge is 2.23. The molecular weight excluding hydrogens is 242 g/mol. The minimum atomic E-state index is 0.0479. The van der Waals surface area contributed by atoms with Crippen molar-refractivity contribution in [2.24, 2.45) is 0 Å². The summed E-state index contributed by atoms with van der Waals surface area (Å²) in [5.74, 6) is 1.40. The summed E-state index contributed by atoms with van der Waals surface area (Å²) in [5, 5.41) is 6.10. The molecular formula is C13H21N5O. The molecule has 0 unspecified atom stereocenters. The molecule has 1 aliphatic carbocycles. The third kappa shape index (κ3) is 4.39. The van der Waals surface area contributed by atoms with Crippen molar-refractivity contribution in [3.05, 3.63) is 12.3 Å². The highest BCUT2D eigenvalue weighted by atomic mass is 16.2. The number of hydrogen-bond donors (Lipinski definition) is 2. The number of nitrogens with one attached hydrogen (secondary N) is 2. The second-order valence-corrected chi connectivity index (χ2v) is 4.86. The van der Waals surface area contributed by atoms with Crippen LogP contribution in [-0.4, -0.2) is 42.1 Å². The molecule has 6 heteroatoms. The number of amides is 1. The van der Waals surface area contributed by atoms with Crippen LogP contribution in [0.3, 0.4) is 0 Å². The highest BCUT2D eigenvalue weighted by molar-refractivity contribution is 5.81. The Kier molecular flexibility index (Phi) is 4.54. The van der Waals surface area contributed by atoms with Crippen molar-refractivity contribution < 1.29 is 4.79 Å². The second-order valence-electron chi connectivity index (χ2n) is 4.86. The first-order chi connectivity index (χ1) is 9.19. The molecule has 19 heavy (non-hydrogen) atoms. The van der Waals surface area contributed by atoms with Gasteiger partial charge in [0.1, 0.15) is 5.82 Å². The standard InChI is InChI=1S/C13H21N5O/c1-3-7-14-13-15-8-6-11(17-13)18(2)9-12(19)16-10-4-5-10/h6,8,10H,3-5,7,9H2,1-2H3,(H,16,19)(H,14,15,17). The Morgan fingerprint density at radius 3 is 3.00 bits per heavy atom. The van der Waals surface area contributed by atoms with Crippen LogP contribution in [-0.2, 0) is 4.79 Å². The fourth-order valence-electron chi connectivity index (χ4n) is 1.68. The van der Waals surface area contributed by atoms with Crippen LogP contribution in [0.15, 0.2) is 12.3 Å². The zero-order chi connectivity index (χ0) is 13.7. The molecule has 1 saturated carbocycles. The Balaban J connectivity index is 1.89. The van der Waals surface area contributed by atoms with Gasteiger partial charge in [0, 0.05) is 25.8 Å². The van der Waals surface area contributed by atoms with E-state index in [0.717, 1.165) is 31.6 Å². The summed E-state index contributed by atoms with van der Waals surface area (Å²) in [6, 6.07) is 2.20. The predicted octanol–water partition coefficient (Wildman–Crippen LogP) is 1.01. The smallest absolute Gasteiger partial charge is 0.239 e. The van der Waals surface area contributed by atoms with E-state index in [1.54, 1.807) is 6.20 Å². The molecule has 1 heterocycles. The van der Waals surface area contributed by atoms with Gasteiger partial charge in [0.15, 0.2) is 0 Å². The zero-order valence-corrected chi connectivity index (χ0v) is 11.5. The van der Waals surface area contributed by atoms with E-state index in [1.807, 2.05) is 18.0 Å². The number of nitrogens with zero attached hydrogens (tertiary/aromatic N) is 3. The zero-order valence-electron chi connectivity index (χ0n) is 11.5. The van der Waals surface area contributed by atoms with Gasteiger partial charge in [-0.15, -0.1) is 0 Å². The van der Waals surface area contributed by atoms with Crippen molar-refractivity contribution in [2.75, 3.05) is 30.4 Å². The maximum Gasteiger partial charge on any atom is 0.239 e. The Labute approximate surface area is 113 Å².